The van der Waals surface area contributed by atoms with Crippen LogP contribution in [0, 0.1) is 0 Å². The molecule has 1 amide bonds. The van der Waals surface area contributed by atoms with Crippen LogP contribution in [0.25, 0.3) is 6.08 Å². The number of carbonyl (C=O) groups is 1. The van der Waals surface area contributed by atoms with Crippen molar-refractivity contribution in [2.24, 2.45) is 0 Å². The molecule has 2 atom stereocenters. The maximum absolute atomic E-state index is 12.9. The SMILES string of the molecule is CC(C)NC(=O)[C@@H]1C[C@H](NC2Cc3ccccc3C2)CN1CC=Cc1ccccc1. The molecule has 0 aromatic heterocycles. The van der Waals surface area contributed by atoms with Gasteiger partial charge < -0.3 is 10.6 Å². The van der Waals surface area contributed by atoms with Crippen molar-refractivity contribution >= 4 is 12.0 Å². The van der Waals surface area contributed by atoms with Crippen molar-refractivity contribution in [2.75, 3.05) is 13.1 Å². The second kappa shape index (κ2) is 9.59. The van der Waals surface area contributed by atoms with E-state index < -0.39 is 0 Å². The second-order valence-corrected chi connectivity index (χ2v) is 8.92. The summed E-state index contributed by atoms with van der Waals surface area (Å²) in [7, 11) is 0. The van der Waals surface area contributed by atoms with Crippen LogP contribution in [0.5, 0.6) is 0 Å². The van der Waals surface area contributed by atoms with Gasteiger partial charge >= 0.3 is 0 Å². The maximum atomic E-state index is 12.9. The molecule has 2 aromatic carbocycles. The minimum absolute atomic E-state index is 0.0749. The first kappa shape index (κ1) is 20.8. The molecule has 0 unspecified atom stereocenters. The van der Waals surface area contributed by atoms with Crippen LogP contribution in [-0.4, -0.2) is 48.1 Å². The minimum Gasteiger partial charge on any atom is -0.353 e. The Labute approximate surface area is 180 Å². The zero-order chi connectivity index (χ0) is 20.9. The van der Waals surface area contributed by atoms with Gasteiger partial charge in [0, 0.05) is 31.2 Å². The molecule has 30 heavy (non-hydrogen) atoms. The van der Waals surface area contributed by atoms with Crippen molar-refractivity contribution in [1.29, 1.82) is 0 Å². The molecule has 1 heterocycles. The Morgan fingerprint density at radius 2 is 1.70 bits per heavy atom. The van der Waals surface area contributed by atoms with Crippen LogP contribution in [-0.2, 0) is 17.6 Å². The Balaban J connectivity index is 1.39. The quantitative estimate of drug-likeness (QED) is 0.745. The largest absolute Gasteiger partial charge is 0.353 e. The highest BCUT2D eigenvalue weighted by Crippen LogP contribution is 2.25. The summed E-state index contributed by atoms with van der Waals surface area (Å²) in [6.45, 7) is 5.74. The normalized spacial score (nSPS) is 22.1. The Bertz CT molecular complexity index is 852. The lowest BCUT2D eigenvalue weighted by atomic mass is 10.1. The predicted molar refractivity (Wildman–Crippen MR) is 123 cm³/mol. The molecule has 2 aromatic rings. The van der Waals surface area contributed by atoms with Gasteiger partial charge in [-0.15, -0.1) is 0 Å². The lowest BCUT2D eigenvalue weighted by Gasteiger charge is -2.23. The number of likely N-dealkylation sites (tertiary alicyclic amines) is 1. The minimum atomic E-state index is -0.0749. The molecule has 0 saturated carbocycles. The smallest absolute Gasteiger partial charge is 0.237 e. The fraction of sp³-hybridized carbons (Fsp3) is 0.423. The standard InChI is InChI=1S/C26H33N3O/c1-19(2)27-26(30)25-17-24(28-23-15-21-12-6-7-13-22(21)16-23)18-29(25)14-8-11-20-9-4-3-5-10-20/h3-13,19,23-25,28H,14-18H2,1-2H3,(H,27,30)/t24-,25-/m0/s1. The molecule has 158 valence electrons. The van der Waals surface area contributed by atoms with Crippen LogP contribution < -0.4 is 10.6 Å². The van der Waals surface area contributed by atoms with E-state index in [0.717, 1.165) is 32.4 Å². The first-order valence-electron chi connectivity index (χ1n) is 11.2. The van der Waals surface area contributed by atoms with Crippen molar-refractivity contribution in [3.05, 3.63) is 77.4 Å². The van der Waals surface area contributed by atoms with Crippen molar-refractivity contribution in [1.82, 2.24) is 15.5 Å². The van der Waals surface area contributed by atoms with Crippen molar-refractivity contribution < 1.29 is 4.79 Å². The highest BCUT2D eigenvalue weighted by Gasteiger charge is 2.37. The topological polar surface area (TPSA) is 44.4 Å². The van der Waals surface area contributed by atoms with E-state index in [2.05, 4.69) is 64.1 Å². The van der Waals surface area contributed by atoms with Crippen molar-refractivity contribution in [2.45, 2.75) is 57.3 Å². The number of nitrogens with zero attached hydrogens (tertiary/aromatic N) is 1. The van der Waals surface area contributed by atoms with Gasteiger partial charge in [-0.3, -0.25) is 9.69 Å². The molecule has 1 fully saturated rings. The van der Waals surface area contributed by atoms with E-state index >= 15 is 0 Å². The van der Waals surface area contributed by atoms with Crippen LogP contribution in [0.3, 0.4) is 0 Å². The third-order valence-electron chi connectivity index (χ3n) is 6.11. The summed E-state index contributed by atoms with van der Waals surface area (Å²) in [6.07, 6.45) is 7.36. The second-order valence-electron chi connectivity index (χ2n) is 8.92. The average molecular weight is 404 g/mol. The molecule has 4 rings (SSSR count). The number of rotatable bonds is 7. The lowest BCUT2D eigenvalue weighted by Crippen LogP contribution is -2.45. The Kier molecular flexibility index (Phi) is 6.66. The van der Waals surface area contributed by atoms with Gasteiger partial charge in [0.1, 0.15) is 0 Å². The highest BCUT2D eigenvalue weighted by molar-refractivity contribution is 5.82. The monoisotopic (exact) mass is 403 g/mol. The van der Waals surface area contributed by atoms with Gasteiger partial charge in [0.15, 0.2) is 0 Å². The van der Waals surface area contributed by atoms with Crippen LogP contribution in [0.1, 0.15) is 37.0 Å². The van der Waals surface area contributed by atoms with Crippen molar-refractivity contribution in [3.63, 3.8) is 0 Å². The molecule has 2 N–H and O–H groups in total. The average Bonchev–Trinajstić information content (AvgIpc) is 3.32. The first-order valence-corrected chi connectivity index (χ1v) is 11.2. The van der Waals surface area contributed by atoms with E-state index in [1.807, 2.05) is 32.0 Å². The molecule has 4 nitrogen and oxygen atoms in total. The van der Waals surface area contributed by atoms with Gasteiger partial charge in [-0.05, 0) is 49.8 Å². The Hall–Kier alpha value is -2.43. The van der Waals surface area contributed by atoms with E-state index in [-0.39, 0.29) is 18.0 Å². The number of hydrogen-bond donors (Lipinski definition) is 2. The van der Waals surface area contributed by atoms with E-state index in [4.69, 9.17) is 0 Å². The van der Waals surface area contributed by atoms with E-state index in [1.165, 1.54) is 16.7 Å². The van der Waals surface area contributed by atoms with Crippen LogP contribution >= 0.6 is 0 Å². The van der Waals surface area contributed by atoms with Gasteiger partial charge in [0.2, 0.25) is 5.91 Å². The maximum Gasteiger partial charge on any atom is 0.237 e. The molecule has 1 aliphatic carbocycles. The molecule has 0 spiro atoms. The van der Waals surface area contributed by atoms with E-state index in [9.17, 15) is 4.79 Å². The van der Waals surface area contributed by atoms with Gasteiger partial charge in [0.25, 0.3) is 0 Å². The summed E-state index contributed by atoms with van der Waals surface area (Å²) in [5.41, 5.74) is 4.12. The molecule has 2 aliphatic rings. The molecular formula is C26H33N3O. The summed E-state index contributed by atoms with van der Waals surface area (Å²) in [4.78, 5) is 15.2. The van der Waals surface area contributed by atoms with E-state index in [1.54, 1.807) is 0 Å². The number of nitrogens with one attached hydrogen (secondary N) is 2. The predicted octanol–water partition coefficient (Wildman–Crippen LogP) is 3.42. The van der Waals surface area contributed by atoms with Crippen LogP contribution in [0.15, 0.2) is 60.7 Å². The fourth-order valence-electron chi connectivity index (χ4n) is 4.78. The third kappa shape index (κ3) is 5.18. The molecule has 4 heteroatoms. The fourth-order valence-corrected chi connectivity index (χ4v) is 4.78. The number of carbonyl (C=O) groups excluding carboxylic acids is 1. The summed E-state index contributed by atoms with van der Waals surface area (Å²) in [5, 5.41) is 6.97. The van der Waals surface area contributed by atoms with Crippen LogP contribution in [0.2, 0.25) is 0 Å². The zero-order valence-corrected chi connectivity index (χ0v) is 18.1. The first-order chi connectivity index (χ1) is 14.6. The van der Waals surface area contributed by atoms with Gasteiger partial charge in [-0.1, -0.05) is 66.7 Å². The third-order valence-corrected chi connectivity index (χ3v) is 6.11. The number of benzene rings is 2. The summed E-state index contributed by atoms with van der Waals surface area (Å²) in [6, 6.07) is 20.0. The number of hydrogen-bond acceptors (Lipinski definition) is 3. The zero-order valence-electron chi connectivity index (χ0n) is 18.1. The Morgan fingerprint density at radius 1 is 1.03 bits per heavy atom. The lowest BCUT2D eigenvalue weighted by molar-refractivity contribution is -0.125. The summed E-state index contributed by atoms with van der Waals surface area (Å²) in [5.74, 6) is 0.150. The van der Waals surface area contributed by atoms with Gasteiger partial charge in [-0.25, -0.2) is 0 Å². The summed E-state index contributed by atoms with van der Waals surface area (Å²) >= 11 is 0. The highest BCUT2D eigenvalue weighted by atomic mass is 16.2. The van der Waals surface area contributed by atoms with Gasteiger partial charge in [0.05, 0.1) is 6.04 Å². The summed E-state index contributed by atoms with van der Waals surface area (Å²) < 4.78 is 0. The molecule has 0 bridgehead atoms. The molecular weight excluding hydrogens is 370 g/mol. The molecule has 1 aliphatic heterocycles. The number of amides is 1. The number of fused-ring (bicyclic) bond motifs is 1. The molecule has 1 saturated heterocycles. The van der Waals surface area contributed by atoms with Gasteiger partial charge in [-0.2, -0.15) is 0 Å². The van der Waals surface area contributed by atoms with Crippen LogP contribution in [0.4, 0.5) is 0 Å². The van der Waals surface area contributed by atoms with Crippen molar-refractivity contribution in [3.8, 4) is 0 Å². The Morgan fingerprint density at radius 3 is 2.37 bits per heavy atom. The molecule has 0 radical (unpaired) electrons. The van der Waals surface area contributed by atoms with E-state index in [0.29, 0.717) is 12.1 Å².